The number of rotatable bonds is 4. The summed E-state index contributed by atoms with van der Waals surface area (Å²) in [7, 11) is 1.41. The van der Waals surface area contributed by atoms with Crippen molar-refractivity contribution in [1.29, 1.82) is 0 Å². The van der Waals surface area contributed by atoms with Gasteiger partial charge in [0.2, 0.25) is 0 Å². The third-order valence-electron chi connectivity index (χ3n) is 3.59. The number of benzene rings is 1. The summed E-state index contributed by atoms with van der Waals surface area (Å²) < 4.78 is 4.61. The van der Waals surface area contributed by atoms with Gasteiger partial charge in [-0.25, -0.2) is 4.79 Å². The number of allylic oxidation sites excluding steroid dienone is 1. The van der Waals surface area contributed by atoms with Crippen LogP contribution in [0.15, 0.2) is 42.5 Å². The van der Waals surface area contributed by atoms with E-state index in [2.05, 4.69) is 33.9 Å². The Morgan fingerprint density at radius 2 is 2.00 bits per heavy atom. The molecular formula is C16H21NO2. The Labute approximate surface area is 114 Å². The van der Waals surface area contributed by atoms with Gasteiger partial charge >= 0.3 is 5.97 Å². The van der Waals surface area contributed by atoms with Crippen LogP contribution in [0.2, 0.25) is 0 Å². The Kier molecular flexibility index (Phi) is 5.16. The lowest BCUT2D eigenvalue weighted by Crippen LogP contribution is -2.32. The molecule has 0 saturated carbocycles. The smallest absolute Gasteiger partial charge is 0.330 e. The monoisotopic (exact) mass is 259 g/mol. The lowest BCUT2D eigenvalue weighted by Gasteiger charge is -2.30. The van der Waals surface area contributed by atoms with Crippen LogP contribution in [0.3, 0.4) is 0 Å². The number of nitrogens with zero attached hydrogens (tertiary/aromatic N) is 1. The van der Waals surface area contributed by atoms with Crippen LogP contribution in [-0.2, 0) is 16.1 Å². The van der Waals surface area contributed by atoms with Crippen LogP contribution in [0.1, 0.15) is 18.4 Å². The van der Waals surface area contributed by atoms with Crippen LogP contribution in [0, 0.1) is 5.92 Å². The van der Waals surface area contributed by atoms with Crippen LogP contribution in [0.4, 0.5) is 0 Å². The summed E-state index contributed by atoms with van der Waals surface area (Å²) in [5.41, 5.74) is 1.37. The molecule has 1 heterocycles. The number of hydrogen-bond acceptors (Lipinski definition) is 3. The van der Waals surface area contributed by atoms with E-state index in [0.717, 1.165) is 32.5 Å². The first-order chi connectivity index (χ1) is 9.28. The molecule has 1 aromatic carbocycles. The van der Waals surface area contributed by atoms with Crippen LogP contribution >= 0.6 is 0 Å². The first-order valence-corrected chi connectivity index (χ1v) is 6.80. The summed E-state index contributed by atoms with van der Waals surface area (Å²) in [5.74, 6) is 0.248. The maximum Gasteiger partial charge on any atom is 0.330 e. The predicted molar refractivity (Wildman–Crippen MR) is 75.6 cm³/mol. The predicted octanol–water partition coefficient (Wildman–Crippen LogP) is 2.63. The second-order valence-electron chi connectivity index (χ2n) is 4.98. The summed E-state index contributed by atoms with van der Waals surface area (Å²) in [5, 5.41) is 0. The van der Waals surface area contributed by atoms with E-state index in [-0.39, 0.29) is 5.97 Å². The van der Waals surface area contributed by atoms with Gasteiger partial charge in [0.15, 0.2) is 0 Å². The van der Waals surface area contributed by atoms with Gasteiger partial charge in [0.25, 0.3) is 0 Å². The van der Waals surface area contributed by atoms with E-state index in [1.54, 1.807) is 6.08 Å². The number of likely N-dealkylation sites (tertiary alicyclic amines) is 1. The molecule has 0 amide bonds. The second-order valence-corrected chi connectivity index (χ2v) is 4.98. The summed E-state index contributed by atoms with van der Waals surface area (Å²) >= 11 is 0. The van der Waals surface area contributed by atoms with Gasteiger partial charge in [-0.3, -0.25) is 4.90 Å². The molecular weight excluding hydrogens is 238 g/mol. The molecule has 1 saturated heterocycles. The van der Waals surface area contributed by atoms with E-state index >= 15 is 0 Å². The van der Waals surface area contributed by atoms with Gasteiger partial charge in [-0.2, -0.15) is 0 Å². The number of piperidine rings is 1. The Hall–Kier alpha value is -1.61. The number of hydrogen-bond donors (Lipinski definition) is 0. The number of carbonyl (C=O) groups is 1. The minimum absolute atomic E-state index is 0.258. The van der Waals surface area contributed by atoms with Crippen LogP contribution in [-0.4, -0.2) is 31.1 Å². The molecule has 0 bridgehead atoms. The molecule has 0 atom stereocenters. The average molecular weight is 259 g/mol. The van der Waals surface area contributed by atoms with Crippen molar-refractivity contribution in [1.82, 2.24) is 4.90 Å². The molecule has 1 fully saturated rings. The standard InChI is InChI=1S/C16H21NO2/c1-19-16(18)8-7-14-9-11-17(12-10-14)13-15-5-3-2-4-6-15/h2-8,14H,9-13H2,1H3. The van der Waals surface area contributed by atoms with Crippen LogP contribution in [0.5, 0.6) is 0 Å². The van der Waals surface area contributed by atoms with Crippen molar-refractivity contribution < 1.29 is 9.53 Å². The molecule has 1 aliphatic rings. The van der Waals surface area contributed by atoms with Crippen molar-refractivity contribution in [3.05, 3.63) is 48.0 Å². The van der Waals surface area contributed by atoms with E-state index in [9.17, 15) is 4.79 Å². The fourth-order valence-electron chi connectivity index (χ4n) is 2.43. The van der Waals surface area contributed by atoms with Gasteiger partial charge in [0.1, 0.15) is 0 Å². The highest BCUT2D eigenvalue weighted by Gasteiger charge is 2.17. The fraction of sp³-hybridized carbons (Fsp3) is 0.438. The highest BCUT2D eigenvalue weighted by molar-refractivity contribution is 5.81. The van der Waals surface area contributed by atoms with Gasteiger partial charge in [-0.05, 0) is 37.4 Å². The topological polar surface area (TPSA) is 29.5 Å². The first-order valence-electron chi connectivity index (χ1n) is 6.80. The van der Waals surface area contributed by atoms with Gasteiger partial charge in [-0.1, -0.05) is 36.4 Å². The molecule has 0 aliphatic carbocycles. The molecule has 0 unspecified atom stereocenters. The molecule has 102 valence electrons. The van der Waals surface area contributed by atoms with Crippen molar-refractivity contribution in [2.24, 2.45) is 5.92 Å². The van der Waals surface area contributed by atoms with Crippen molar-refractivity contribution in [3.8, 4) is 0 Å². The Morgan fingerprint density at radius 3 is 2.63 bits per heavy atom. The number of methoxy groups -OCH3 is 1. The number of ether oxygens (including phenoxy) is 1. The van der Waals surface area contributed by atoms with E-state index in [4.69, 9.17) is 0 Å². The minimum Gasteiger partial charge on any atom is -0.466 e. The van der Waals surface area contributed by atoms with Gasteiger partial charge in [0.05, 0.1) is 7.11 Å². The summed E-state index contributed by atoms with van der Waals surface area (Å²) in [6, 6.07) is 10.6. The summed E-state index contributed by atoms with van der Waals surface area (Å²) in [4.78, 5) is 13.5. The fourth-order valence-corrected chi connectivity index (χ4v) is 2.43. The Balaban J connectivity index is 1.76. The van der Waals surface area contributed by atoms with Crippen molar-refractivity contribution >= 4 is 5.97 Å². The SMILES string of the molecule is COC(=O)C=CC1CCN(Cc2ccccc2)CC1. The first kappa shape index (κ1) is 13.8. The molecule has 0 N–H and O–H groups in total. The third kappa shape index (κ3) is 4.52. The average Bonchev–Trinajstić information content (AvgIpc) is 2.47. The summed E-state index contributed by atoms with van der Waals surface area (Å²) in [6.45, 7) is 3.20. The highest BCUT2D eigenvalue weighted by Crippen LogP contribution is 2.20. The van der Waals surface area contributed by atoms with Crippen molar-refractivity contribution in [2.45, 2.75) is 19.4 Å². The van der Waals surface area contributed by atoms with E-state index in [1.165, 1.54) is 12.7 Å². The Bertz CT molecular complexity index is 420. The van der Waals surface area contributed by atoms with Crippen molar-refractivity contribution in [3.63, 3.8) is 0 Å². The van der Waals surface area contributed by atoms with E-state index in [0.29, 0.717) is 5.92 Å². The lowest BCUT2D eigenvalue weighted by atomic mass is 9.96. The number of esters is 1. The lowest BCUT2D eigenvalue weighted by molar-refractivity contribution is -0.134. The third-order valence-corrected chi connectivity index (χ3v) is 3.59. The van der Waals surface area contributed by atoms with Gasteiger partial charge in [-0.15, -0.1) is 0 Å². The molecule has 2 rings (SSSR count). The maximum atomic E-state index is 11.0. The maximum absolute atomic E-state index is 11.0. The molecule has 0 radical (unpaired) electrons. The molecule has 0 aromatic heterocycles. The molecule has 1 aliphatic heterocycles. The molecule has 1 aromatic rings. The minimum atomic E-state index is -0.258. The summed E-state index contributed by atoms with van der Waals surface area (Å²) in [6.07, 6.45) is 5.77. The Morgan fingerprint density at radius 1 is 1.32 bits per heavy atom. The second kappa shape index (κ2) is 7.10. The largest absolute Gasteiger partial charge is 0.466 e. The molecule has 0 spiro atoms. The normalized spacial score (nSPS) is 17.7. The number of carbonyl (C=O) groups excluding carboxylic acids is 1. The molecule has 3 nitrogen and oxygen atoms in total. The van der Waals surface area contributed by atoms with Crippen LogP contribution < -0.4 is 0 Å². The van der Waals surface area contributed by atoms with E-state index < -0.39 is 0 Å². The van der Waals surface area contributed by atoms with Gasteiger partial charge in [0, 0.05) is 12.6 Å². The van der Waals surface area contributed by atoms with Crippen LogP contribution in [0.25, 0.3) is 0 Å². The van der Waals surface area contributed by atoms with E-state index in [1.807, 2.05) is 12.1 Å². The molecule has 3 heteroatoms. The van der Waals surface area contributed by atoms with Crippen molar-refractivity contribution in [2.75, 3.05) is 20.2 Å². The zero-order chi connectivity index (χ0) is 13.5. The van der Waals surface area contributed by atoms with Gasteiger partial charge < -0.3 is 4.74 Å². The highest BCUT2D eigenvalue weighted by atomic mass is 16.5. The quantitative estimate of drug-likeness (QED) is 0.615. The zero-order valence-electron chi connectivity index (χ0n) is 11.4. The molecule has 19 heavy (non-hydrogen) atoms. The zero-order valence-corrected chi connectivity index (χ0v) is 11.4.